The summed E-state index contributed by atoms with van der Waals surface area (Å²) in [4.78, 5) is 15.2. The Hall–Kier alpha value is -1.93. The molecule has 0 fully saturated rings. The third-order valence-corrected chi connectivity index (χ3v) is 3.19. The largest absolute Gasteiger partial charge is 0.480 e. The van der Waals surface area contributed by atoms with Crippen LogP contribution >= 0.6 is 0 Å². The summed E-state index contributed by atoms with van der Waals surface area (Å²) in [6, 6.07) is 5.39. The number of nitriles is 1. The van der Waals surface area contributed by atoms with Gasteiger partial charge in [0.25, 0.3) is 0 Å². The molecule has 0 aromatic carbocycles. The molecule has 0 amide bonds. The second-order valence-electron chi connectivity index (χ2n) is 4.11. The summed E-state index contributed by atoms with van der Waals surface area (Å²) in [5.74, 6) is -0.845. The summed E-state index contributed by atoms with van der Waals surface area (Å²) in [6.45, 7) is 4.10. The van der Waals surface area contributed by atoms with Crippen LogP contribution in [0.25, 0.3) is 0 Å². The highest BCUT2D eigenvalue weighted by atomic mass is 16.4. The number of nitrogens with zero attached hydrogens (tertiary/aromatic N) is 2. The fraction of sp³-hybridized carbons (Fsp3) is 0.462. The molecule has 0 spiro atoms. The Bertz CT molecular complexity index is 462. The van der Waals surface area contributed by atoms with Gasteiger partial charge in [-0.2, -0.15) is 5.26 Å². The average molecular weight is 247 g/mol. The molecule has 0 aliphatic heterocycles. The van der Waals surface area contributed by atoms with Crippen LogP contribution < -0.4 is 5.32 Å². The fourth-order valence-corrected chi connectivity index (χ4v) is 1.79. The lowest BCUT2D eigenvalue weighted by Crippen LogP contribution is -2.50. The Morgan fingerprint density at radius 2 is 2.22 bits per heavy atom. The Balaban J connectivity index is 2.79. The third kappa shape index (κ3) is 3.05. The van der Waals surface area contributed by atoms with Gasteiger partial charge in [-0.3, -0.25) is 10.1 Å². The standard InChI is InChI=1S/C13H17N3O2/c1-3-13(4-2,12(17)18)16-9-10-5-6-15-11(7-10)8-14/h5-7,16H,3-4,9H2,1-2H3,(H,17,18). The maximum Gasteiger partial charge on any atom is 0.323 e. The maximum atomic E-state index is 11.3. The van der Waals surface area contributed by atoms with E-state index in [0.29, 0.717) is 25.1 Å². The number of hydrogen-bond acceptors (Lipinski definition) is 4. The van der Waals surface area contributed by atoms with Gasteiger partial charge < -0.3 is 5.11 Å². The van der Waals surface area contributed by atoms with E-state index < -0.39 is 11.5 Å². The summed E-state index contributed by atoms with van der Waals surface area (Å²) in [7, 11) is 0. The van der Waals surface area contributed by atoms with E-state index >= 15 is 0 Å². The molecule has 2 N–H and O–H groups in total. The molecule has 0 saturated carbocycles. The summed E-state index contributed by atoms with van der Waals surface area (Å²) in [6.07, 6.45) is 2.57. The Kier molecular flexibility index (Phi) is 4.81. The van der Waals surface area contributed by atoms with Gasteiger partial charge in [0.05, 0.1) is 0 Å². The normalized spacial score (nSPS) is 10.9. The first kappa shape index (κ1) is 14.1. The van der Waals surface area contributed by atoms with Crippen LogP contribution in [0, 0.1) is 11.3 Å². The van der Waals surface area contributed by atoms with E-state index in [2.05, 4.69) is 10.3 Å². The van der Waals surface area contributed by atoms with Crippen LogP contribution in [-0.2, 0) is 11.3 Å². The van der Waals surface area contributed by atoms with Crippen LogP contribution in [0.15, 0.2) is 18.3 Å². The van der Waals surface area contributed by atoms with Gasteiger partial charge in [-0.15, -0.1) is 0 Å². The number of carboxylic acid groups (broad SMARTS) is 1. The van der Waals surface area contributed by atoms with E-state index in [1.165, 1.54) is 0 Å². The van der Waals surface area contributed by atoms with E-state index in [-0.39, 0.29) is 0 Å². The zero-order valence-corrected chi connectivity index (χ0v) is 10.6. The zero-order valence-electron chi connectivity index (χ0n) is 10.6. The summed E-state index contributed by atoms with van der Waals surface area (Å²) in [5, 5.41) is 21.1. The highest BCUT2D eigenvalue weighted by Crippen LogP contribution is 2.16. The van der Waals surface area contributed by atoms with Crippen LogP contribution in [0.4, 0.5) is 0 Å². The molecule has 1 aromatic rings. The lowest BCUT2D eigenvalue weighted by molar-refractivity contribution is -0.145. The van der Waals surface area contributed by atoms with Crippen LogP contribution in [0.1, 0.15) is 37.9 Å². The van der Waals surface area contributed by atoms with E-state index in [0.717, 1.165) is 5.56 Å². The Morgan fingerprint density at radius 3 is 2.72 bits per heavy atom. The lowest BCUT2D eigenvalue weighted by atomic mass is 9.92. The Labute approximate surface area is 106 Å². The zero-order chi connectivity index (χ0) is 13.6. The molecule has 0 bridgehead atoms. The second kappa shape index (κ2) is 6.12. The van der Waals surface area contributed by atoms with Gasteiger partial charge in [-0.25, -0.2) is 4.98 Å². The van der Waals surface area contributed by atoms with Crippen LogP contribution in [0.3, 0.4) is 0 Å². The molecule has 0 radical (unpaired) electrons. The predicted molar refractivity (Wildman–Crippen MR) is 66.7 cm³/mol. The average Bonchev–Trinajstić information content (AvgIpc) is 2.40. The molecule has 0 aliphatic carbocycles. The SMILES string of the molecule is CCC(CC)(NCc1ccnc(C#N)c1)C(=O)O. The summed E-state index contributed by atoms with van der Waals surface area (Å²) in [5.41, 5.74) is 0.285. The van der Waals surface area contributed by atoms with Crippen LogP contribution in [0.5, 0.6) is 0 Å². The molecule has 0 atom stereocenters. The van der Waals surface area contributed by atoms with Crippen LogP contribution in [0.2, 0.25) is 0 Å². The van der Waals surface area contributed by atoms with E-state index in [1.807, 2.05) is 19.9 Å². The minimum Gasteiger partial charge on any atom is -0.480 e. The second-order valence-corrected chi connectivity index (χ2v) is 4.11. The number of nitrogens with one attached hydrogen (secondary N) is 1. The van der Waals surface area contributed by atoms with Crippen LogP contribution in [-0.4, -0.2) is 21.6 Å². The van der Waals surface area contributed by atoms with Crippen molar-refractivity contribution in [1.29, 1.82) is 5.26 Å². The van der Waals surface area contributed by atoms with Crippen molar-refractivity contribution in [3.8, 4) is 6.07 Å². The highest BCUT2D eigenvalue weighted by molar-refractivity contribution is 5.78. The van der Waals surface area contributed by atoms with Crippen molar-refractivity contribution in [2.45, 2.75) is 38.8 Å². The van der Waals surface area contributed by atoms with Gasteiger partial charge >= 0.3 is 5.97 Å². The number of aromatic nitrogens is 1. The van der Waals surface area contributed by atoms with Crippen molar-refractivity contribution in [3.05, 3.63) is 29.6 Å². The quantitative estimate of drug-likeness (QED) is 0.798. The van der Waals surface area contributed by atoms with Crippen molar-refractivity contribution < 1.29 is 9.90 Å². The van der Waals surface area contributed by atoms with Gasteiger partial charge in [0.15, 0.2) is 0 Å². The highest BCUT2D eigenvalue weighted by Gasteiger charge is 2.33. The third-order valence-electron chi connectivity index (χ3n) is 3.19. The van der Waals surface area contributed by atoms with E-state index in [1.54, 1.807) is 18.3 Å². The smallest absolute Gasteiger partial charge is 0.323 e. The molecule has 1 heterocycles. The number of pyridine rings is 1. The number of aliphatic carboxylic acids is 1. The molecule has 1 rings (SSSR count). The molecule has 1 aromatic heterocycles. The predicted octanol–water partition coefficient (Wildman–Crippen LogP) is 1.69. The summed E-state index contributed by atoms with van der Waals surface area (Å²) < 4.78 is 0. The fourth-order valence-electron chi connectivity index (χ4n) is 1.79. The van der Waals surface area contributed by atoms with Crippen molar-refractivity contribution >= 4 is 5.97 Å². The molecule has 0 aliphatic rings. The van der Waals surface area contributed by atoms with Gasteiger partial charge in [-0.1, -0.05) is 13.8 Å². The maximum absolute atomic E-state index is 11.3. The Morgan fingerprint density at radius 1 is 1.56 bits per heavy atom. The van der Waals surface area contributed by atoms with E-state index in [9.17, 15) is 9.90 Å². The topological polar surface area (TPSA) is 86.0 Å². The van der Waals surface area contributed by atoms with Gasteiger partial charge in [0, 0.05) is 12.7 Å². The number of hydrogen-bond donors (Lipinski definition) is 2. The molecule has 96 valence electrons. The monoisotopic (exact) mass is 247 g/mol. The van der Waals surface area contributed by atoms with Gasteiger partial charge in [0.2, 0.25) is 0 Å². The van der Waals surface area contributed by atoms with Crippen molar-refractivity contribution in [2.75, 3.05) is 0 Å². The first-order chi connectivity index (χ1) is 8.57. The minimum atomic E-state index is -0.907. The van der Waals surface area contributed by atoms with Gasteiger partial charge in [-0.05, 0) is 30.5 Å². The molecular weight excluding hydrogens is 230 g/mol. The summed E-state index contributed by atoms with van der Waals surface area (Å²) >= 11 is 0. The molecule has 5 nitrogen and oxygen atoms in total. The first-order valence-corrected chi connectivity index (χ1v) is 5.91. The number of carboxylic acids is 1. The molecule has 0 saturated heterocycles. The molecule has 5 heteroatoms. The lowest BCUT2D eigenvalue weighted by Gasteiger charge is -2.28. The first-order valence-electron chi connectivity index (χ1n) is 5.91. The van der Waals surface area contributed by atoms with Crippen molar-refractivity contribution in [3.63, 3.8) is 0 Å². The number of carbonyl (C=O) groups is 1. The number of rotatable bonds is 6. The van der Waals surface area contributed by atoms with E-state index in [4.69, 9.17) is 5.26 Å². The minimum absolute atomic E-state index is 0.336. The molecule has 18 heavy (non-hydrogen) atoms. The molecular formula is C13H17N3O2. The van der Waals surface area contributed by atoms with Crippen molar-refractivity contribution in [2.24, 2.45) is 0 Å². The molecule has 0 unspecified atom stereocenters. The van der Waals surface area contributed by atoms with Gasteiger partial charge in [0.1, 0.15) is 17.3 Å². The van der Waals surface area contributed by atoms with Crippen molar-refractivity contribution in [1.82, 2.24) is 10.3 Å².